The second-order valence-corrected chi connectivity index (χ2v) is 5.87. The average Bonchev–Trinajstić information content (AvgIpc) is 2.36. The van der Waals surface area contributed by atoms with Crippen molar-refractivity contribution in [2.75, 3.05) is 19.8 Å². The molecule has 0 amide bonds. The second kappa shape index (κ2) is 6.17. The minimum absolute atomic E-state index is 0.151. The van der Waals surface area contributed by atoms with Gasteiger partial charge in [-0.25, -0.2) is 0 Å². The molecule has 2 aliphatic rings. The van der Waals surface area contributed by atoms with Gasteiger partial charge in [0.2, 0.25) is 0 Å². The lowest BCUT2D eigenvalue weighted by Gasteiger charge is -2.44. The van der Waals surface area contributed by atoms with Gasteiger partial charge in [-0.15, -0.1) is 0 Å². The number of hydrogen-bond acceptors (Lipinski definition) is 3. The number of ether oxygens (including phenoxy) is 1. The summed E-state index contributed by atoms with van der Waals surface area (Å²) in [4.78, 5) is 0. The van der Waals surface area contributed by atoms with E-state index in [4.69, 9.17) is 14.9 Å². The van der Waals surface area contributed by atoms with Crippen molar-refractivity contribution in [2.24, 2.45) is 11.8 Å². The van der Waals surface area contributed by atoms with E-state index in [2.05, 4.69) is 0 Å². The van der Waals surface area contributed by atoms with Crippen LogP contribution >= 0.6 is 0 Å². The summed E-state index contributed by atoms with van der Waals surface area (Å²) in [5.41, 5.74) is 0.151. The van der Waals surface area contributed by atoms with E-state index in [1.54, 1.807) is 0 Å². The van der Waals surface area contributed by atoms with Gasteiger partial charge in [0.1, 0.15) is 0 Å². The Morgan fingerprint density at radius 3 is 1.94 bits per heavy atom. The van der Waals surface area contributed by atoms with Crippen LogP contribution in [0.1, 0.15) is 51.4 Å². The quantitative estimate of drug-likeness (QED) is 0.794. The molecule has 1 aliphatic carbocycles. The highest BCUT2D eigenvalue weighted by molar-refractivity contribution is 4.90. The van der Waals surface area contributed by atoms with E-state index in [0.29, 0.717) is 25.0 Å². The summed E-state index contributed by atoms with van der Waals surface area (Å²) in [6.45, 7) is 1.46. The van der Waals surface area contributed by atoms with Crippen LogP contribution in [0.2, 0.25) is 0 Å². The van der Waals surface area contributed by atoms with Gasteiger partial charge in [0, 0.05) is 13.2 Å². The smallest absolute Gasteiger partial charge is 0.0683 e. The largest absolute Gasteiger partial charge is 0.396 e. The third kappa shape index (κ3) is 3.43. The Morgan fingerprint density at radius 1 is 0.882 bits per heavy atom. The van der Waals surface area contributed by atoms with Crippen LogP contribution in [0.3, 0.4) is 0 Å². The topological polar surface area (TPSA) is 49.7 Å². The normalized spacial score (nSPS) is 38.5. The van der Waals surface area contributed by atoms with Crippen molar-refractivity contribution in [1.82, 2.24) is 0 Å². The maximum absolute atomic E-state index is 8.96. The summed E-state index contributed by atoms with van der Waals surface area (Å²) >= 11 is 0. The first-order chi connectivity index (χ1) is 8.28. The molecule has 100 valence electrons. The van der Waals surface area contributed by atoms with Crippen molar-refractivity contribution in [2.45, 2.75) is 57.0 Å². The lowest BCUT2D eigenvalue weighted by molar-refractivity contribution is -0.128. The van der Waals surface area contributed by atoms with Crippen LogP contribution in [0.5, 0.6) is 0 Å². The van der Waals surface area contributed by atoms with Gasteiger partial charge in [0.05, 0.1) is 12.2 Å². The van der Waals surface area contributed by atoms with Crippen LogP contribution < -0.4 is 0 Å². The summed E-state index contributed by atoms with van der Waals surface area (Å²) in [7, 11) is 0. The Labute approximate surface area is 104 Å². The Kier molecular flexibility index (Phi) is 4.83. The van der Waals surface area contributed by atoms with Crippen molar-refractivity contribution < 1.29 is 14.9 Å². The average molecular weight is 242 g/mol. The monoisotopic (exact) mass is 242 g/mol. The lowest BCUT2D eigenvalue weighted by Crippen LogP contribution is -2.42. The second-order valence-electron chi connectivity index (χ2n) is 5.87. The van der Waals surface area contributed by atoms with Crippen LogP contribution in [-0.4, -0.2) is 35.6 Å². The highest BCUT2D eigenvalue weighted by Crippen LogP contribution is 2.42. The molecule has 2 fully saturated rings. The highest BCUT2D eigenvalue weighted by atomic mass is 16.5. The molecule has 0 aromatic rings. The molecule has 0 aromatic carbocycles. The van der Waals surface area contributed by atoms with Crippen molar-refractivity contribution >= 4 is 0 Å². The first kappa shape index (κ1) is 13.3. The molecule has 3 heteroatoms. The van der Waals surface area contributed by atoms with Crippen LogP contribution in [0.25, 0.3) is 0 Å². The number of hydrogen-bond donors (Lipinski definition) is 2. The third-order valence-electron chi connectivity index (χ3n) is 4.72. The van der Waals surface area contributed by atoms with E-state index < -0.39 is 0 Å². The molecule has 1 unspecified atom stereocenters. The molecule has 2 rings (SSSR count). The molecule has 0 aromatic heterocycles. The van der Waals surface area contributed by atoms with E-state index in [1.165, 1.54) is 38.5 Å². The molecule has 2 N–H and O–H groups in total. The molecule has 1 spiro atoms. The maximum Gasteiger partial charge on any atom is 0.0683 e. The predicted octanol–water partition coefficient (Wildman–Crippen LogP) is 2.11. The fourth-order valence-electron chi connectivity index (χ4n) is 3.40. The Bertz CT molecular complexity index is 186. The molecular formula is C14H26O3. The van der Waals surface area contributed by atoms with E-state index in [0.717, 1.165) is 19.4 Å². The maximum atomic E-state index is 8.96. The molecule has 1 saturated carbocycles. The summed E-state index contributed by atoms with van der Waals surface area (Å²) < 4.78 is 6.12. The summed E-state index contributed by atoms with van der Waals surface area (Å²) in [5, 5.41) is 17.9. The molecule has 1 saturated heterocycles. The van der Waals surface area contributed by atoms with Gasteiger partial charge in [0.25, 0.3) is 0 Å². The third-order valence-corrected chi connectivity index (χ3v) is 4.72. The van der Waals surface area contributed by atoms with Gasteiger partial charge >= 0.3 is 0 Å². The molecule has 0 bridgehead atoms. The van der Waals surface area contributed by atoms with Crippen molar-refractivity contribution in [3.63, 3.8) is 0 Å². The zero-order valence-corrected chi connectivity index (χ0v) is 10.7. The molecule has 3 nitrogen and oxygen atoms in total. The summed E-state index contributed by atoms with van der Waals surface area (Å²) in [5.74, 6) is 1.28. The Morgan fingerprint density at radius 2 is 1.41 bits per heavy atom. The minimum atomic E-state index is 0.151. The molecule has 1 heterocycles. The van der Waals surface area contributed by atoms with Gasteiger partial charge in [-0.2, -0.15) is 0 Å². The number of aliphatic hydroxyl groups excluding tert-OH is 2. The van der Waals surface area contributed by atoms with Crippen molar-refractivity contribution in [1.29, 1.82) is 0 Å². The Hall–Kier alpha value is -0.120. The van der Waals surface area contributed by atoms with Crippen molar-refractivity contribution in [3.05, 3.63) is 0 Å². The van der Waals surface area contributed by atoms with Gasteiger partial charge in [-0.05, 0) is 63.2 Å². The van der Waals surface area contributed by atoms with Gasteiger partial charge in [-0.3, -0.25) is 0 Å². The van der Waals surface area contributed by atoms with Crippen LogP contribution in [0, 0.1) is 11.8 Å². The zero-order chi connectivity index (χ0) is 12.1. The fraction of sp³-hybridized carbons (Fsp3) is 1.00. The molecule has 0 radical (unpaired) electrons. The van der Waals surface area contributed by atoms with E-state index >= 15 is 0 Å². The first-order valence-corrected chi connectivity index (χ1v) is 7.14. The first-order valence-electron chi connectivity index (χ1n) is 7.14. The molecule has 17 heavy (non-hydrogen) atoms. The van der Waals surface area contributed by atoms with E-state index in [9.17, 15) is 0 Å². The molecular weight excluding hydrogens is 216 g/mol. The lowest BCUT2D eigenvalue weighted by atomic mass is 9.73. The molecule has 1 aliphatic heterocycles. The van der Waals surface area contributed by atoms with Crippen LogP contribution in [-0.2, 0) is 4.74 Å². The SMILES string of the molecule is OCCC1CCC2(CC1)CCC(CCO)CO2. The van der Waals surface area contributed by atoms with Crippen molar-refractivity contribution in [3.8, 4) is 0 Å². The van der Waals surface area contributed by atoms with E-state index in [1.807, 2.05) is 0 Å². The van der Waals surface area contributed by atoms with Gasteiger partial charge in [0.15, 0.2) is 0 Å². The summed E-state index contributed by atoms with van der Waals surface area (Å²) in [6.07, 6.45) is 9.00. The number of aliphatic hydroxyl groups is 2. The Balaban J connectivity index is 1.76. The standard InChI is InChI=1S/C14H26O3/c15-9-4-12-1-6-14(7-2-12)8-3-13(5-10-16)11-17-14/h12-13,15-16H,1-11H2. The van der Waals surface area contributed by atoms with E-state index in [-0.39, 0.29) is 5.60 Å². The highest BCUT2D eigenvalue weighted by Gasteiger charge is 2.39. The van der Waals surface area contributed by atoms with Crippen LogP contribution in [0.4, 0.5) is 0 Å². The van der Waals surface area contributed by atoms with Gasteiger partial charge < -0.3 is 14.9 Å². The molecule has 1 atom stereocenters. The zero-order valence-electron chi connectivity index (χ0n) is 10.7. The minimum Gasteiger partial charge on any atom is -0.396 e. The summed E-state index contributed by atoms with van der Waals surface area (Å²) in [6, 6.07) is 0. The van der Waals surface area contributed by atoms with Gasteiger partial charge in [-0.1, -0.05) is 0 Å². The van der Waals surface area contributed by atoms with Crippen LogP contribution in [0.15, 0.2) is 0 Å². The predicted molar refractivity (Wildman–Crippen MR) is 66.8 cm³/mol. The number of rotatable bonds is 4. The fourth-order valence-corrected chi connectivity index (χ4v) is 3.40.